The van der Waals surface area contributed by atoms with Gasteiger partial charge in [-0.15, -0.1) is 0 Å². The number of halogens is 6. The van der Waals surface area contributed by atoms with E-state index >= 15 is 0 Å². The molecule has 3 aromatic carbocycles. The van der Waals surface area contributed by atoms with Gasteiger partial charge in [0.25, 0.3) is 0 Å². The summed E-state index contributed by atoms with van der Waals surface area (Å²) in [7, 11) is 0. The van der Waals surface area contributed by atoms with Crippen molar-refractivity contribution in [2.24, 2.45) is 0 Å². The SMILES string of the molecule is C=CC(F)=C(F)c1ccc(-c2ccc(-c3cc(F)c(F)c(F)c3)cc2)c(F)c1. The second kappa shape index (κ2) is 7.76. The topological polar surface area (TPSA) is 0 Å². The van der Waals surface area contributed by atoms with Gasteiger partial charge < -0.3 is 0 Å². The Bertz CT molecular complexity index is 1060. The van der Waals surface area contributed by atoms with Crippen LogP contribution in [0.3, 0.4) is 0 Å². The van der Waals surface area contributed by atoms with E-state index in [9.17, 15) is 26.3 Å². The molecule has 0 aliphatic heterocycles. The van der Waals surface area contributed by atoms with Crippen molar-refractivity contribution in [2.45, 2.75) is 0 Å². The molecule has 0 atom stereocenters. The fourth-order valence-electron chi connectivity index (χ4n) is 2.68. The zero-order valence-corrected chi connectivity index (χ0v) is 14.2. The van der Waals surface area contributed by atoms with Crippen LogP contribution in [-0.2, 0) is 0 Å². The highest BCUT2D eigenvalue weighted by molar-refractivity contribution is 5.73. The summed E-state index contributed by atoms with van der Waals surface area (Å²) in [4.78, 5) is 0. The summed E-state index contributed by atoms with van der Waals surface area (Å²) in [5, 5.41) is 0. The third-order valence-corrected chi connectivity index (χ3v) is 4.12. The Balaban J connectivity index is 1.95. The van der Waals surface area contributed by atoms with E-state index in [1.165, 1.54) is 36.4 Å². The minimum Gasteiger partial charge on any atom is -0.206 e. The maximum absolute atomic E-state index is 14.4. The lowest BCUT2D eigenvalue weighted by atomic mass is 9.98. The quantitative estimate of drug-likeness (QED) is 0.248. The molecule has 0 N–H and O–H groups in total. The minimum absolute atomic E-state index is 0.117. The normalized spacial score (nSPS) is 11.9. The highest BCUT2D eigenvalue weighted by atomic mass is 19.2. The van der Waals surface area contributed by atoms with Gasteiger partial charge in [0, 0.05) is 11.1 Å². The van der Waals surface area contributed by atoms with Crippen molar-refractivity contribution in [3.05, 3.63) is 102 Å². The van der Waals surface area contributed by atoms with Crippen LogP contribution in [0.15, 0.2) is 73.1 Å². The summed E-state index contributed by atoms with van der Waals surface area (Å²) < 4.78 is 81.2. The Morgan fingerprint density at radius 1 is 0.679 bits per heavy atom. The van der Waals surface area contributed by atoms with Crippen LogP contribution in [0.25, 0.3) is 28.1 Å². The van der Waals surface area contributed by atoms with Crippen LogP contribution in [0, 0.1) is 23.3 Å². The Labute approximate surface area is 157 Å². The van der Waals surface area contributed by atoms with Crippen LogP contribution in [-0.4, -0.2) is 0 Å². The van der Waals surface area contributed by atoms with E-state index in [0.29, 0.717) is 17.2 Å². The fraction of sp³-hybridized carbons (Fsp3) is 0. The van der Waals surface area contributed by atoms with Gasteiger partial charge in [-0.2, -0.15) is 0 Å². The highest BCUT2D eigenvalue weighted by Gasteiger charge is 2.13. The molecule has 0 aliphatic carbocycles. The molecule has 0 spiro atoms. The predicted octanol–water partition coefficient (Wildman–Crippen LogP) is 7.37. The molecule has 0 unspecified atom stereocenters. The van der Waals surface area contributed by atoms with Crippen molar-refractivity contribution in [3.63, 3.8) is 0 Å². The van der Waals surface area contributed by atoms with Crippen molar-refractivity contribution in [1.82, 2.24) is 0 Å². The lowest BCUT2D eigenvalue weighted by Crippen LogP contribution is -1.92. The second-order valence-electron chi connectivity index (χ2n) is 5.89. The molecule has 28 heavy (non-hydrogen) atoms. The van der Waals surface area contributed by atoms with Gasteiger partial charge in [-0.1, -0.05) is 43.0 Å². The summed E-state index contributed by atoms with van der Waals surface area (Å²) in [5.41, 5.74) is 0.766. The van der Waals surface area contributed by atoms with Crippen LogP contribution >= 0.6 is 0 Å². The van der Waals surface area contributed by atoms with Crippen LogP contribution in [0.4, 0.5) is 26.3 Å². The van der Waals surface area contributed by atoms with E-state index in [1.807, 2.05) is 0 Å². The monoisotopic (exact) mass is 390 g/mol. The summed E-state index contributed by atoms with van der Waals surface area (Å²) >= 11 is 0. The first kappa shape index (κ1) is 19.5. The van der Waals surface area contributed by atoms with Crippen molar-refractivity contribution in [3.8, 4) is 22.3 Å². The maximum atomic E-state index is 14.4. The van der Waals surface area contributed by atoms with Gasteiger partial charge in [0.05, 0.1) is 0 Å². The van der Waals surface area contributed by atoms with E-state index in [1.54, 1.807) is 0 Å². The Hall–Kier alpha value is -3.28. The first-order chi connectivity index (χ1) is 13.3. The zero-order valence-electron chi connectivity index (χ0n) is 14.2. The first-order valence-electron chi connectivity index (χ1n) is 8.04. The molecule has 0 aliphatic rings. The molecule has 3 aromatic rings. The largest absolute Gasteiger partial charge is 0.206 e. The van der Waals surface area contributed by atoms with Gasteiger partial charge in [0.2, 0.25) is 0 Å². The molecule has 0 nitrogen and oxygen atoms in total. The number of hydrogen-bond acceptors (Lipinski definition) is 0. The average molecular weight is 390 g/mol. The average Bonchev–Trinajstić information content (AvgIpc) is 2.70. The summed E-state index contributed by atoms with van der Waals surface area (Å²) in [6.07, 6.45) is 0.682. The third kappa shape index (κ3) is 3.71. The molecule has 0 fully saturated rings. The molecule has 3 rings (SSSR count). The van der Waals surface area contributed by atoms with Crippen molar-refractivity contribution < 1.29 is 26.3 Å². The molecule has 0 saturated heterocycles. The predicted molar refractivity (Wildman–Crippen MR) is 96.5 cm³/mol. The standard InChI is InChI=1S/C22H12F6/c1-2-17(23)21(27)14-7-8-16(18(24)9-14)13-5-3-12(4-6-13)15-10-19(25)22(28)20(26)11-15/h2-11H,1H2. The number of rotatable bonds is 4. The Morgan fingerprint density at radius 3 is 1.79 bits per heavy atom. The Morgan fingerprint density at radius 2 is 1.25 bits per heavy atom. The summed E-state index contributed by atoms with van der Waals surface area (Å²) in [6.45, 7) is 3.11. The molecule has 0 saturated carbocycles. The number of allylic oxidation sites excluding steroid dienone is 2. The van der Waals surface area contributed by atoms with Gasteiger partial charge in [0.15, 0.2) is 29.1 Å². The van der Waals surface area contributed by atoms with Gasteiger partial charge in [-0.05, 0) is 41.0 Å². The number of hydrogen-bond donors (Lipinski definition) is 0. The second-order valence-corrected chi connectivity index (χ2v) is 5.89. The molecular weight excluding hydrogens is 378 g/mol. The molecular formula is C22H12F6. The first-order valence-corrected chi connectivity index (χ1v) is 8.04. The van der Waals surface area contributed by atoms with Crippen LogP contribution in [0.1, 0.15) is 5.56 Å². The highest BCUT2D eigenvalue weighted by Crippen LogP contribution is 2.31. The van der Waals surface area contributed by atoms with Gasteiger partial charge >= 0.3 is 0 Å². The summed E-state index contributed by atoms with van der Waals surface area (Å²) in [5.74, 6) is -7.40. The number of benzene rings is 3. The van der Waals surface area contributed by atoms with Crippen LogP contribution in [0.5, 0.6) is 0 Å². The Kier molecular flexibility index (Phi) is 5.40. The molecule has 0 aromatic heterocycles. The summed E-state index contributed by atoms with van der Waals surface area (Å²) in [6, 6.07) is 11.0. The van der Waals surface area contributed by atoms with Crippen LogP contribution < -0.4 is 0 Å². The van der Waals surface area contributed by atoms with E-state index in [0.717, 1.165) is 18.2 Å². The lowest BCUT2D eigenvalue weighted by Gasteiger charge is -2.08. The van der Waals surface area contributed by atoms with E-state index < -0.39 is 34.9 Å². The molecule has 142 valence electrons. The van der Waals surface area contributed by atoms with E-state index in [2.05, 4.69) is 6.58 Å². The smallest absolute Gasteiger partial charge is 0.194 e. The minimum atomic E-state index is -1.56. The van der Waals surface area contributed by atoms with Crippen molar-refractivity contribution in [1.29, 1.82) is 0 Å². The molecule has 0 radical (unpaired) electrons. The van der Waals surface area contributed by atoms with E-state index in [-0.39, 0.29) is 16.7 Å². The fourth-order valence-corrected chi connectivity index (χ4v) is 2.68. The van der Waals surface area contributed by atoms with Gasteiger partial charge in [-0.25, -0.2) is 26.3 Å². The lowest BCUT2D eigenvalue weighted by molar-refractivity contribution is 0.448. The van der Waals surface area contributed by atoms with Gasteiger partial charge in [0.1, 0.15) is 5.82 Å². The molecule has 0 amide bonds. The molecule has 6 heteroatoms. The van der Waals surface area contributed by atoms with Crippen molar-refractivity contribution >= 4 is 5.83 Å². The third-order valence-electron chi connectivity index (χ3n) is 4.12. The maximum Gasteiger partial charge on any atom is 0.194 e. The van der Waals surface area contributed by atoms with E-state index in [4.69, 9.17) is 0 Å². The zero-order chi connectivity index (χ0) is 20.4. The molecule has 0 heterocycles. The molecule has 0 bridgehead atoms. The van der Waals surface area contributed by atoms with Crippen LogP contribution in [0.2, 0.25) is 0 Å². The van der Waals surface area contributed by atoms with Crippen molar-refractivity contribution in [2.75, 3.05) is 0 Å². The van der Waals surface area contributed by atoms with Gasteiger partial charge in [-0.3, -0.25) is 0 Å².